The lowest BCUT2D eigenvalue weighted by atomic mass is 9.76. The molecule has 2 aliphatic carbocycles. The maximum Gasteiger partial charge on any atom is 0.131 e. The molecule has 0 nitrogen and oxygen atoms in total. The van der Waals surface area contributed by atoms with Gasteiger partial charge in [0, 0.05) is 5.56 Å². The van der Waals surface area contributed by atoms with Gasteiger partial charge in [-0.25, -0.2) is 4.39 Å². The molecule has 0 aliphatic heterocycles. The predicted octanol–water partition coefficient (Wildman–Crippen LogP) is 8.17. The van der Waals surface area contributed by atoms with Gasteiger partial charge in [0.25, 0.3) is 0 Å². The van der Waals surface area contributed by atoms with Crippen molar-refractivity contribution >= 4 is 22.8 Å². The first kappa shape index (κ1) is 24.5. The SMILES string of the molecule is CC(C)=c1cc2c(c(C3=C(c4ccccc4F)C=CC3)c1C(C)(C)C)=[C]c1cc(C(C)(C)C)ccc1-2. The summed E-state index contributed by atoms with van der Waals surface area (Å²) in [4.78, 5) is 0. The third kappa shape index (κ3) is 3.99. The number of rotatable bonds is 2. The Labute approximate surface area is 215 Å². The summed E-state index contributed by atoms with van der Waals surface area (Å²) in [5, 5.41) is 2.44. The number of benzene rings is 3. The molecule has 0 unspecified atom stereocenters. The quantitative estimate of drug-likeness (QED) is 0.274. The molecule has 5 rings (SSSR count). The first-order valence-corrected chi connectivity index (χ1v) is 13.0. The van der Waals surface area contributed by atoms with E-state index in [9.17, 15) is 0 Å². The maximum absolute atomic E-state index is 15.0. The highest BCUT2D eigenvalue weighted by atomic mass is 19.1. The van der Waals surface area contributed by atoms with Crippen LogP contribution in [0.2, 0.25) is 0 Å². The highest BCUT2D eigenvalue weighted by Gasteiger charge is 2.30. The van der Waals surface area contributed by atoms with Crippen LogP contribution >= 0.6 is 0 Å². The molecule has 0 fully saturated rings. The van der Waals surface area contributed by atoms with Crippen molar-refractivity contribution in [2.45, 2.75) is 72.6 Å². The molecule has 0 saturated heterocycles. The van der Waals surface area contributed by atoms with Crippen LogP contribution in [0.4, 0.5) is 4.39 Å². The standard InChI is InChI=1S/C35H36F/c1-21(2)28-20-29-24-17-16-23(34(3,4)5)18-22(24)19-30(29)32(33(28)35(6,7)8)27-14-11-13-25(27)26-12-9-10-15-31(26)36/h9-13,15-18,20H,14H2,1-8H3. The zero-order valence-corrected chi connectivity index (χ0v) is 22.9. The van der Waals surface area contributed by atoms with Crippen LogP contribution in [0.3, 0.4) is 0 Å². The molecule has 0 saturated carbocycles. The van der Waals surface area contributed by atoms with E-state index in [1.54, 1.807) is 12.1 Å². The Kier molecular flexibility index (Phi) is 5.75. The zero-order chi connectivity index (χ0) is 26.0. The van der Waals surface area contributed by atoms with Crippen LogP contribution in [-0.4, -0.2) is 0 Å². The van der Waals surface area contributed by atoms with E-state index in [1.807, 2.05) is 12.1 Å². The minimum Gasteiger partial charge on any atom is -0.206 e. The predicted molar refractivity (Wildman–Crippen MR) is 153 cm³/mol. The number of fused-ring (bicyclic) bond motifs is 3. The second-order valence-electron chi connectivity index (χ2n) is 12.5. The molecule has 183 valence electrons. The molecule has 0 aromatic heterocycles. The van der Waals surface area contributed by atoms with E-state index in [0.717, 1.165) is 22.8 Å². The highest BCUT2D eigenvalue weighted by molar-refractivity contribution is 6.01. The maximum atomic E-state index is 15.0. The largest absolute Gasteiger partial charge is 0.206 e. The summed E-state index contributed by atoms with van der Waals surface area (Å²) in [5.41, 5.74) is 11.6. The van der Waals surface area contributed by atoms with Gasteiger partial charge in [-0.3, -0.25) is 0 Å². The number of halogens is 1. The molecular formula is C35H36F. The highest BCUT2D eigenvalue weighted by Crippen LogP contribution is 2.41. The van der Waals surface area contributed by atoms with Gasteiger partial charge in [0.15, 0.2) is 0 Å². The lowest BCUT2D eigenvalue weighted by Gasteiger charge is -2.27. The van der Waals surface area contributed by atoms with Gasteiger partial charge in [0.1, 0.15) is 5.82 Å². The summed E-state index contributed by atoms with van der Waals surface area (Å²) in [6, 6.07) is 16.3. The molecular weight excluding hydrogens is 439 g/mol. The van der Waals surface area contributed by atoms with E-state index >= 15 is 4.39 Å². The van der Waals surface area contributed by atoms with E-state index in [2.05, 4.69) is 97.9 Å². The smallest absolute Gasteiger partial charge is 0.131 e. The molecule has 36 heavy (non-hydrogen) atoms. The third-order valence-electron chi connectivity index (χ3n) is 7.45. The van der Waals surface area contributed by atoms with Crippen molar-refractivity contribution in [1.29, 1.82) is 0 Å². The summed E-state index contributed by atoms with van der Waals surface area (Å²) in [6.07, 6.45) is 8.90. The van der Waals surface area contributed by atoms with Gasteiger partial charge >= 0.3 is 0 Å². The molecule has 0 bridgehead atoms. The zero-order valence-electron chi connectivity index (χ0n) is 22.9. The van der Waals surface area contributed by atoms with Crippen LogP contribution in [0.5, 0.6) is 0 Å². The number of hydrogen-bond acceptors (Lipinski definition) is 0. The first-order valence-electron chi connectivity index (χ1n) is 13.0. The van der Waals surface area contributed by atoms with Crippen molar-refractivity contribution in [2.24, 2.45) is 0 Å². The molecule has 3 aromatic carbocycles. The van der Waals surface area contributed by atoms with Crippen LogP contribution in [0.25, 0.3) is 33.9 Å². The van der Waals surface area contributed by atoms with Crippen LogP contribution in [0, 0.1) is 5.82 Å². The lowest BCUT2D eigenvalue weighted by Crippen LogP contribution is -2.31. The van der Waals surface area contributed by atoms with Crippen LogP contribution in [0.1, 0.15) is 89.6 Å². The molecule has 0 atom stereocenters. The Hall–Kier alpha value is -3.19. The fraction of sp³-hybridized carbons (Fsp3) is 0.314. The minimum absolute atomic E-state index is 0.0692. The molecule has 0 spiro atoms. The molecule has 2 aliphatic rings. The van der Waals surface area contributed by atoms with E-state index in [0.29, 0.717) is 5.56 Å². The van der Waals surface area contributed by atoms with Crippen LogP contribution < -0.4 is 10.4 Å². The first-order chi connectivity index (χ1) is 16.9. The fourth-order valence-electron chi connectivity index (χ4n) is 5.66. The van der Waals surface area contributed by atoms with Gasteiger partial charge in [-0.05, 0) is 110 Å². The summed E-state index contributed by atoms with van der Waals surface area (Å²) in [7, 11) is 0. The van der Waals surface area contributed by atoms with E-state index in [4.69, 9.17) is 0 Å². The van der Waals surface area contributed by atoms with E-state index in [-0.39, 0.29) is 16.6 Å². The Morgan fingerprint density at radius 3 is 2.19 bits per heavy atom. The fourth-order valence-corrected chi connectivity index (χ4v) is 5.66. The van der Waals surface area contributed by atoms with Crippen molar-refractivity contribution in [1.82, 2.24) is 0 Å². The average Bonchev–Trinajstić information content (AvgIpc) is 3.41. The molecule has 0 amide bonds. The second kappa shape index (κ2) is 8.44. The van der Waals surface area contributed by atoms with Gasteiger partial charge in [-0.2, -0.15) is 0 Å². The molecule has 1 radical (unpaired) electrons. The van der Waals surface area contributed by atoms with Gasteiger partial charge in [0.2, 0.25) is 0 Å². The minimum atomic E-state index is -0.175. The normalized spacial score (nSPS) is 14.7. The monoisotopic (exact) mass is 475 g/mol. The number of allylic oxidation sites excluding steroid dienone is 4. The Bertz CT molecular complexity index is 1570. The second-order valence-corrected chi connectivity index (χ2v) is 12.5. The van der Waals surface area contributed by atoms with Gasteiger partial charge < -0.3 is 0 Å². The Morgan fingerprint density at radius 1 is 0.833 bits per heavy atom. The molecule has 0 heterocycles. The van der Waals surface area contributed by atoms with Crippen molar-refractivity contribution < 1.29 is 4.39 Å². The van der Waals surface area contributed by atoms with Crippen molar-refractivity contribution in [2.75, 3.05) is 0 Å². The lowest BCUT2D eigenvalue weighted by molar-refractivity contribution is 0.583. The number of hydrogen-bond donors (Lipinski definition) is 0. The third-order valence-corrected chi connectivity index (χ3v) is 7.45. The van der Waals surface area contributed by atoms with Crippen molar-refractivity contribution in [3.8, 4) is 11.1 Å². The summed E-state index contributed by atoms with van der Waals surface area (Å²) in [5.74, 6) is -0.175. The molecule has 3 aromatic rings. The topological polar surface area (TPSA) is 0 Å². The Balaban J connectivity index is 1.94. The van der Waals surface area contributed by atoms with E-state index < -0.39 is 0 Å². The van der Waals surface area contributed by atoms with Crippen molar-refractivity contribution in [3.63, 3.8) is 0 Å². The summed E-state index contributed by atoms with van der Waals surface area (Å²) >= 11 is 0. The van der Waals surface area contributed by atoms with Crippen molar-refractivity contribution in [3.05, 3.63) is 105 Å². The molecule has 0 N–H and O–H groups in total. The summed E-state index contributed by atoms with van der Waals surface area (Å²) in [6.45, 7) is 18.0. The average molecular weight is 476 g/mol. The molecule has 1 heteroatoms. The van der Waals surface area contributed by atoms with Gasteiger partial charge in [0.05, 0.1) is 0 Å². The summed E-state index contributed by atoms with van der Waals surface area (Å²) < 4.78 is 15.0. The van der Waals surface area contributed by atoms with E-state index in [1.165, 1.54) is 44.2 Å². The van der Waals surface area contributed by atoms with Gasteiger partial charge in [-0.1, -0.05) is 89.6 Å². The van der Waals surface area contributed by atoms with Crippen LogP contribution in [0.15, 0.2) is 60.7 Å². The van der Waals surface area contributed by atoms with Crippen LogP contribution in [-0.2, 0) is 10.8 Å². The van der Waals surface area contributed by atoms with Gasteiger partial charge in [-0.15, -0.1) is 0 Å². The Morgan fingerprint density at radius 2 is 1.56 bits per heavy atom.